The van der Waals surface area contributed by atoms with Gasteiger partial charge in [0, 0.05) is 23.7 Å². The Balaban J connectivity index is 1.78. The molecule has 0 fully saturated rings. The third-order valence-electron chi connectivity index (χ3n) is 4.50. The van der Waals surface area contributed by atoms with Crippen LogP contribution in [0.3, 0.4) is 0 Å². The zero-order valence-electron chi connectivity index (χ0n) is 17.4. The van der Waals surface area contributed by atoms with Crippen LogP contribution in [0, 0.1) is 0 Å². The fourth-order valence-electron chi connectivity index (χ4n) is 2.95. The van der Waals surface area contributed by atoms with Crippen LogP contribution in [-0.4, -0.2) is 29.6 Å². The largest absolute Gasteiger partial charge is 0.497 e. The molecule has 6 nitrogen and oxygen atoms in total. The Kier molecular flexibility index (Phi) is 6.16. The molecule has 0 aliphatic heterocycles. The van der Waals surface area contributed by atoms with E-state index in [1.807, 2.05) is 54.6 Å². The Bertz CT molecular complexity index is 1060. The number of ether oxygens (including phenoxy) is 2. The van der Waals surface area contributed by atoms with Crippen LogP contribution in [0.4, 0.5) is 5.69 Å². The smallest absolute Gasteiger partial charge is 0.303 e. The lowest BCUT2D eigenvalue weighted by Gasteiger charge is -2.23. The van der Waals surface area contributed by atoms with Crippen molar-refractivity contribution in [2.45, 2.75) is 26.4 Å². The fraction of sp³-hybridized carbons (Fsp3) is 0.208. The summed E-state index contributed by atoms with van der Waals surface area (Å²) in [6.45, 7) is 4.37. The molecule has 0 saturated heterocycles. The van der Waals surface area contributed by atoms with Crippen molar-refractivity contribution in [3.8, 4) is 28.3 Å². The minimum atomic E-state index is -1.25. The summed E-state index contributed by atoms with van der Waals surface area (Å²) in [4.78, 5) is 28.3. The molecule has 1 aromatic heterocycles. The first kappa shape index (κ1) is 21.0. The molecule has 30 heavy (non-hydrogen) atoms. The van der Waals surface area contributed by atoms with Crippen molar-refractivity contribution in [1.82, 2.24) is 4.98 Å². The number of nitrogens with zero attached hydrogens (tertiary/aromatic N) is 1. The lowest BCUT2D eigenvalue weighted by Crippen LogP contribution is -2.41. The third kappa shape index (κ3) is 5.03. The van der Waals surface area contributed by atoms with Crippen molar-refractivity contribution in [3.63, 3.8) is 0 Å². The monoisotopic (exact) mass is 404 g/mol. The molecule has 0 spiro atoms. The summed E-state index contributed by atoms with van der Waals surface area (Å²) < 4.78 is 10.4. The minimum Gasteiger partial charge on any atom is -0.497 e. The number of aromatic nitrogens is 1. The lowest BCUT2D eigenvalue weighted by molar-refractivity contribution is -0.160. The zero-order chi connectivity index (χ0) is 21.7. The van der Waals surface area contributed by atoms with Gasteiger partial charge in [0.05, 0.1) is 18.5 Å². The second-order valence-corrected chi connectivity index (χ2v) is 7.28. The molecule has 0 saturated carbocycles. The van der Waals surface area contributed by atoms with Crippen LogP contribution in [0.1, 0.15) is 20.8 Å². The fourth-order valence-corrected chi connectivity index (χ4v) is 2.95. The summed E-state index contributed by atoms with van der Waals surface area (Å²) in [7, 11) is 1.64. The zero-order valence-corrected chi connectivity index (χ0v) is 17.4. The molecule has 1 N–H and O–H groups in total. The molecule has 0 atom stereocenters. The van der Waals surface area contributed by atoms with Gasteiger partial charge in [-0.25, -0.2) is 4.98 Å². The number of hydrogen-bond acceptors (Lipinski definition) is 5. The third-order valence-corrected chi connectivity index (χ3v) is 4.50. The molecule has 154 valence electrons. The number of carbonyl (C=O) groups is 2. The quantitative estimate of drug-likeness (QED) is 0.603. The standard InChI is InChI=1S/C24H24N2O4/c1-16(27)30-24(2,3)23(28)25-19-13-11-17(12-14-19)21-9-6-10-22(26-21)18-7-5-8-20(15-18)29-4/h5-15H,1-4H3,(H,25,28). The van der Waals surface area contributed by atoms with Crippen LogP contribution in [0.2, 0.25) is 0 Å². The maximum atomic E-state index is 12.4. The van der Waals surface area contributed by atoms with Crippen LogP contribution < -0.4 is 10.1 Å². The van der Waals surface area contributed by atoms with Crippen LogP contribution >= 0.6 is 0 Å². The second kappa shape index (κ2) is 8.78. The average Bonchev–Trinajstić information content (AvgIpc) is 2.73. The Morgan fingerprint density at radius 2 is 1.53 bits per heavy atom. The lowest BCUT2D eigenvalue weighted by atomic mass is 10.1. The van der Waals surface area contributed by atoms with E-state index in [1.165, 1.54) is 6.92 Å². The van der Waals surface area contributed by atoms with Crippen LogP contribution in [0.15, 0.2) is 66.7 Å². The normalized spacial score (nSPS) is 10.9. The summed E-state index contributed by atoms with van der Waals surface area (Å²) >= 11 is 0. The van der Waals surface area contributed by atoms with Crippen LogP contribution in [0.5, 0.6) is 5.75 Å². The highest BCUT2D eigenvalue weighted by molar-refractivity contribution is 5.98. The van der Waals surface area contributed by atoms with Gasteiger partial charge >= 0.3 is 5.97 Å². The van der Waals surface area contributed by atoms with Gasteiger partial charge in [-0.1, -0.05) is 30.3 Å². The average molecular weight is 404 g/mol. The van der Waals surface area contributed by atoms with Crippen molar-refractivity contribution in [1.29, 1.82) is 0 Å². The number of methoxy groups -OCH3 is 1. The predicted octanol–water partition coefficient (Wildman–Crippen LogP) is 4.70. The number of rotatable bonds is 6. The Morgan fingerprint density at radius 3 is 2.17 bits per heavy atom. The summed E-state index contributed by atoms with van der Waals surface area (Å²) in [5.74, 6) is -0.132. The van der Waals surface area contributed by atoms with Crippen LogP contribution in [0.25, 0.3) is 22.5 Å². The number of nitrogens with one attached hydrogen (secondary N) is 1. The Labute approximate surface area is 175 Å². The highest BCUT2D eigenvalue weighted by Gasteiger charge is 2.30. The van der Waals surface area contributed by atoms with E-state index in [1.54, 1.807) is 33.1 Å². The molecule has 3 rings (SSSR count). The molecule has 0 unspecified atom stereocenters. The van der Waals surface area contributed by atoms with E-state index < -0.39 is 17.5 Å². The molecule has 0 radical (unpaired) electrons. The van der Waals surface area contributed by atoms with E-state index in [9.17, 15) is 9.59 Å². The van der Waals surface area contributed by atoms with Crippen molar-refractivity contribution in [2.24, 2.45) is 0 Å². The van der Waals surface area contributed by atoms with E-state index in [2.05, 4.69) is 5.32 Å². The molecule has 0 bridgehead atoms. The number of amides is 1. The number of carbonyl (C=O) groups excluding carboxylic acids is 2. The summed E-state index contributed by atoms with van der Waals surface area (Å²) in [6.07, 6.45) is 0. The molecule has 3 aromatic rings. The van der Waals surface area contributed by atoms with Crippen molar-refractivity contribution in [3.05, 3.63) is 66.7 Å². The summed E-state index contributed by atoms with van der Waals surface area (Å²) in [5, 5.41) is 2.77. The SMILES string of the molecule is COc1cccc(-c2cccc(-c3ccc(NC(=O)C(C)(C)OC(C)=O)cc3)n2)c1. The van der Waals surface area contributed by atoms with Gasteiger partial charge in [-0.2, -0.15) is 0 Å². The molecule has 0 aliphatic carbocycles. The van der Waals surface area contributed by atoms with Gasteiger partial charge in [-0.15, -0.1) is 0 Å². The number of hydrogen-bond donors (Lipinski definition) is 1. The summed E-state index contributed by atoms with van der Waals surface area (Å²) in [6, 6.07) is 20.9. The van der Waals surface area contributed by atoms with E-state index in [0.29, 0.717) is 5.69 Å². The van der Waals surface area contributed by atoms with Gasteiger partial charge in [0.15, 0.2) is 5.60 Å². The first-order valence-corrected chi connectivity index (χ1v) is 9.51. The highest BCUT2D eigenvalue weighted by Crippen LogP contribution is 2.26. The van der Waals surface area contributed by atoms with Gasteiger partial charge in [0.25, 0.3) is 5.91 Å². The number of benzene rings is 2. The van der Waals surface area contributed by atoms with E-state index in [-0.39, 0.29) is 0 Å². The number of pyridine rings is 1. The maximum absolute atomic E-state index is 12.4. The first-order valence-electron chi connectivity index (χ1n) is 9.51. The molecular weight excluding hydrogens is 380 g/mol. The molecule has 2 aromatic carbocycles. The van der Waals surface area contributed by atoms with Gasteiger partial charge in [0.1, 0.15) is 5.75 Å². The molecule has 1 amide bonds. The highest BCUT2D eigenvalue weighted by atomic mass is 16.6. The van der Waals surface area contributed by atoms with Gasteiger partial charge in [0.2, 0.25) is 0 Å². The molecule has 6 heteroatoms. The van der Waals surface area contributed by atoms with E-state index in [0.717, 1.165) is 28.3 Å². The Morgan fingerprint density at radius 1 is 0.900 bits per heavy atom. The number of anilines is 1. The predicted molar refractivity (Wildman–Crippen MR) is 116 cm³/mol. The van der Waals surface area contributed by atoms with E-state index >= 15 is 0 Å². The van der Waals surface area contributed by atoms with Crippen molar-refractivity contribution in [2.75, 3.05) is 12.4 Å². The van der Waals surface area contributed by atoms with Gasteiger partial charge in [-0.3, -0.25) is 9.59 Å². The molecule has 1 heterocycles. The van der Waals surface area contributed by atoms with Crippen molar-refractivity contribution >= 4 is 17.6 Å². The Hall–Kier alpha value is -3.67. The van der Waals surface area contributed by atoms with Crippen molar-refractivity contribution < 1.29 is 19.1 Å². The number of esters is 1. The van der Waals surface area contributed by atoms with Gasteiger partial charge in [-0.05, 0) is 50.2 Å². The second-order valence-electron chi connectivity index (χ2n) is 7.28. The molecular formula is C24H24N2O4. The maximum Gasteiger partial charge on any atom is 0.303 e. The van der Waals surface area contributed by atoms with E-state index in [4.69, 9.17) is 14.5 Å². The summed E-state index contributed by atoms with van der Waals surface area (Å²) in [5.41, 5.74) is 2.88. The molecule has 0 aliphatic rings. The topological polar surface area (TPSA) is 77.5 Å². The first-order chi connectivity index (χ1) is 14.3. The van der Waals surface area contributed by atoms with Gasteiger partial charge < -0.3 is 14.8 Å². The minimum absolute atomic E-state index is 0.399. The van der Waals surface area contributed by atoms with Crippen LogP contribution in [-0.2, 0) is 14.3 Å².